The summed E-state index contributed by atoms with van der Waals surface area (Å²) < 4.78 is 1.87. The number of hydrogen-bond acceptors (Lipinski definition) is 3. The quantitative estimate of drug-likeness (QED) is 0.789. The van der Waals surface area contributed by atoms with Crippen molar-refractivity contribution in [2.24, 2.45) is 5.92 Å². The molecule has 1 aliphatic rings. The Hall–Kier alpha value is -3.15. The van der Waals surface area contributed by atoms with Crippen LogP contribution in [0.3, 0.4) is 0 Å². The van der Waals surface area contributed by atoms with E-state index in [-0.39, 0.29) is 18.4 Å². The number of carboxylic acid groups (broad SMARTS) is 1. The molecule has 2 aromatic heterocycles. The van der Waals surface area contributed by atoms with Crippen LogP contribution in [-0.2, 0) is 4.79 Å². The summed E-state index contributed by atoms with van der Waals surface area (Å²) in [4.78, 5) is 30.9. The lowest BCUT2D eigenvalue weighted by molar-refractivity contribution is -0.141. The van der Waals surface area contributed by atoms with Crippen molar-refractivity contribution in [3.05, 3.63) is 71.8 Å². The second-order valence-electron chi connectivity index (χ2n) is 6.64. The van der Waals surface area contributed by atoms with Gasteiger partial charge in [0.15, 0.2) is 5.69 Å². The van der Waals surface area contributed by atoms with Crippen molar-refractivity contribution in [3.8, 4) is 0 Å². The molecule has 4 rings (SSSR count). The molecule has 1 amide bonds. The van der Waals surface area contributed by atoms with Gasteiger partial charge in [0.2, 0.25) is 0 Å². The summed E-state index contributed by atoms with van der Waals surface area (Å²) in [5.41, 5.74) is 2.06. The number of hydrogen-bond donors (Lipinski definition) is 1. The largest absolute Gasteiger partial charge is 0.481 e. The zero-order chi connectivity index (χ0) is 18.3. The number of benzene rings is 1. The van der Waals surface area contributed by atoms with E-state index in [2.05, 4.69) is 4.98 Å². The van der Waals surface area contributed by atoms with E-state index in [9.17, 15) is 14.7 Å². The Morgan fingerprint density at radius 3 is 2.54 bits per heavy atom. The molecule has 1 N–H and O–H groups in total. The molecule has 3 heterocycles. The molecular weight excluding hydrogens is 330 g/mol. The monoisotopic (exact) mass is 349 g/mol. The highest BCUT2D eigenvalue weighted by Gasteiger charge is 2.41. The van der Waals surface area contributed by atoms with Crippen molar-refractivity contribution in [1.29, 1.82) is 0 Å². The normalized spacial score (nSPS) is 19.8. The van der Waals surface area contributed by atoms with E-state index < -0.39 is 11.9 Å². The number of pyridine rings is 1. The van der Waals surface area contributed by atoms with Gasteiger partial charge in [-0.15, -0.1) is 0 Å². The smallest absolute Gasteiger partial charge is 0.308 e. The average molecular weight is 349 g/mol. The predicted octanol–water partition coefficient (Wildman–Crippen LogP) is 2.58. The minimum absolute atomic E-state index is 0.193. The number of carbonyl (C=O) groups is 2. The van der Waals surface area contributed by atoms with Gasteiger partial charge in [-0.25, -0.2) is 4.98 Å². The van der Waals surface area contributed by atoms with Crippen LogP contribution in [0.15, 0.2) is 54.7 Å². The van der Waals surface area contributed by atoms with Gasteiger partial charge >= 0.3 is 5.97 Å². The topological polar surface area (TPSA) is 74.9 Å². The molecule has 0 aliphatic carbocycles. The molecule has 0 spiro atoms. The van der Waals surface area contributed by atoms with E-state index >= 15 is 0 Å². The number of aromatic nitrogens is 2. The first-order valence-corrected chi connectivity index (χ1v) is 8.57. The van der Waals surface area contributed by atoms with Gasteiger partial charge in [-0.2, -0.15) is 0 Å². The fourth-order valence-electron chi connectivity index (χ4n) is 3.76. The van der Waals surface area contributed by atoms with Crippen LogP contribution in [0, 0.1) is 12.8 Å². The van der Waals surface area contributed by atoms with Gasteiger partial charge in [0.1, 0.15) is 5.82 Å². The van der Waals surface area contributed by atoms with Gasteiger partial charge in [-0.05, 0) is 24.6 Å². The van der Waals surface area contributed by atoms with E-state index in [1.807, 2.05) is 66.1 Å². The van der Waals surface area contributed by atoms with Crippen LogP contribution in [0.1, 0.15) is 27.8 Å². The highest BCUT2D eigenvalue weighted by molar-refractivity contribution is 5.99. The fourth-order valence-corrected chi connectivity index (χ4v) is 3.76. The van der Waals surface area contributed by atoms with E-state index in [4.69, 9.17) is 0 Å². The molecule has 0 bridgehead atoms. The number of carboxylic acids is 1. The van der Waals surface area contributed by atoms with Crippen LogP contribution in [0.5, 0.6) is 0 Å². The van der Waals surface area contributed by atoms with E-state index in [0.717, 1.165) is 16.9 Å². The van der Waals surface area contributed by atoms with Crippen molar-refractivity contribution >= 4 is 17.4 Å². The lowest BCUT2D eigenvalue weighted by Gasteiger charge is -2.15. The Morgan fingerprint density at radius 2 is 1.81 bits per heavy atom. The Bertz CT molecular complexity index is 980. The first kappa shape index (κ1) is 16.3. The Kier molecular flexibility index (Phi) is 3.95. The third kappa shape index (κ3) is 2.63. The number of carbonyl (C=O) groups excluding carboxylic acids is 1. The lowest BCUT2D eigenvalue weighted by Crippen LogP contribution is -2.30. The van der Waals surface area contributed by atoms with Crippen LogP contribution in [0.25, 0.3) is 5.52 Å². The molecule has 132 valence electrons. The summed E-state index contributed by atoms with van der Waals surface area (Å²) in [6, 6.07) is 15.1. The van der Waals surface area contributed by atoms with Crippen LogP contribution in [0.4, 0.5) is 0 Å². The first-order chi connectivity index (χ1) is 12.6. The maximum atomic E-state index is 13.1. The summed E-state index contributed by atoms with van der Waals surface area (Å²) in [6.07, 6.45) is 1.87. The van der Waals surface area contributed by atoms with Crippen molar-refractivity contribution in [2.75, 3.05) is 13.1 Å². The van der Waals surface area contributed by atoms with Gasteiger partial charge in [0.25, 0.3) is 5.91 Å². The highest BCUT2D eigenvalue weighted by Crippen LogP contribution is 2.34. The van der Waals surface area contributed by atoms with Crippen LogP contribution in [-0.4, -0.2) is 44.4 Å². The van der Waals surface area contributed by atoms with Crippen LogP contribution in [0.2, 0.25) is 0 Å². The zero-order valence-electron chi connectivity index (χ0n) is 14.4. The second kappa shape index (κ2) is 6.29. The van der Waals surface area contributed by atoms with Gasteiger partial charge in [0, 0.05) is 25.2 Å². The SMILES string of the molecule is Cc1nc(C(=O)N2C[C@H](C(=O)O)[C@@H](c3ccccc3)C2)c2ccccn12. The van der Waals surface area contributed by atoms with Gasteiger partial charge in [-0.1, -0.05) is 36.4 Å². The second-order valence-corrected chi connectivity index (χ2v) is 6.64. The number of imidazole rings is 1. The molecule has 6 heteroatoms. The summed E-state index contributed by atoms with van der Waals surface area (Å²) in [5, 5.41) is 9.63. The summed E-state index contributed by atoms with van der Waals surface area (Å²) in [6.45, 7) is 2.42. The summed E-state index contributed by atoms with van der Waals surface area (Å²) >= 11 is 0. The molecule has 1 saturated heterocycles. The number of aryl methyl sites for hydroxylation is 1. The lowest BCUT2D eigenvalue weighted by atomic mass is 9.89. The average Bonchev–Trinajstić information content (AvgIpc) is 3.25. The standard InChI is InChI=1S/C20H19N3O3/c1-13-21-18(17-9-5-6-10-23(13)17)19(24)22-11-15(16(12-22)20(25)26)14-7-3-2-4-8-14/h2-10,15-16H,11-12H2,1H3,(H,25,26)/t15-,16+/m1/s1. The summed E-state index contributed by atoms with van der Waals surface area (Å²) in [7, 11) is 0. The fraction of sp³-hybridized carbons (Fsp3) is 0.250. The Morgan fingerprint density at radius 1 is 1.08 bits per heavy atom. The molecule has 0 radical (unpaired) electrons. The maximum Gasteiger partial charge on any atom is 0.308 e. The number of nitrogens with zero attached hydrogens (tertiary/aromatic N) is 3. The molecule has 0 saturated carbocycles. The molecule has 2 atom stereocenters. The van der Waals surface area contributed by atoms with E-state index in [1.165, 1.54) is 0 Å². The third-order valence-corrected chi connectivity index (χ3v) is 5.08. The zero-order valence-corrected chi connectivity index (χ0v) is 14.4. The number of likely N-dealkylation sites (tertiary alicyclic amines) is 1. The molecule has 3 aromatic rings. The van der Waals surface area contributed by atoms with E-state index in [1.54, 1.807) is 4.90 Å². The highest BCUT2D eigenvalue weighted by atomic mass is 16.4. The van der Waals surface area contributed by atoms with Crippen molar-refractivity contribution in [2.45, 2.75) is 12.8 Å². The summed E-state index contributed by atoms with van der Waals surface area (Å²) in [5.74, 6) is -1.19. The molecule has 1 aromatic carbocycles. The van der Waals surface area contributed by atoms with Crippen LogP contribution < -0.4 is 0 Å². The molecule has 26 heavy (non-hydrogen) atoms. The van der Waals surface area contributed by atoms with Crippen molar-refractivity contribution < 1.29 is 14.7 Å². The predicted molar refractivity (Wildman–Crippen MR) is 96.1 cm³/mol. The number of aliphatic carboxylic acids is 1. The molecule has 1 aliphatic heterocycles. The van der Waals surface area contributed by atoms with Gasteiger partial charge in [-0.3, -0.25) is 9.59 Å². The Balaban J connectivity index is 1.67. The first-order valence-electron chi connectivity index (χ1n) is 8.57. The number of amides is 1. The van der Waals surface area contributed by atoms with Crippen LogP contribution >= 0.6 is 0 Å². The van der Waals surface area contributed by atoms with Crippen molar-refractivity contribution in [1.82, 2.24) is 14.3 Å². The van der Waals surface area contributed by atoms with Crippen molar-refractivity contribution in [3.63, 3.8) is 0 Å². The van der Waals surface area contributed by atoms with Gasteiger partial charge < -0.3 is 14.4 Å². The number of fused-ring (bicyclic) bond motifs is 1. The molecular formula is C20H19N3O3. The molecule has 1 fully saturated rings. The van der Waals surface area contributed by atoms with E-state index in [0.29, 0.717) is 12.2 Å². The number of rotatable bonds is 3. The minimum Gasteiger partial charge on any atom is -0.481 e. The molecule has 0 unspecified atom stereocenters. The Labute approximate surface area is 150 Å². The van der Waals surface area contributed by atoms with Gasteiger partial charge in [0.05, 0.1) is 11.4 Å². The maximum absolute atomic E-state index is 13.1. The third-order valence-electron chi connectivity index (χ3n) is 5.08. The minimum atomic E-state index is -0.875. The molecule has 6 nitrogen and oxygen atoms in total.